The van der Waals surface area contributed by atoms with Gasteiger partial charge in [-0.1, -0.05) is 0 Å². The van der Waals surface area contributed by atoms with Crippen molar-refractivity contribution in [3.8, 4) is 0 Å². The summed E-state index contributed by atoms with van der Waals surface area (Å²) in [4.78, 5) is 10.00. The molecule has 1 N–H and O–H groups in total. The highest BCUT2D eigenvalue weighted by molar-refractivity contribution is 5.62. The van der Waals surface area contributed by atoms with Crippen molar-refractivity contribution in [3.63, 3.8) is 0 Å². The number of hydrogen-bond donors (Lipinski definition) is 1. The summed E-state index contributed by atoms with van der Waals surface area (Å²) in [5.74, 6) is -0.585. The molecule has 1 fully saturated rings. The molecule has 0 bridgehead atoms. The quantitative estimate of drug-likeness (QED) is 0.596. The van der Waals surface area contributed by atoms with Crippen LogP contribution in [0.5, 0.6) is 0 Å². The lowest BCUT2D eigenvalue weighted by Gasteiger charge is -2.04. The molecule has 2 rings (SSSR count). The van der Waals surface area contributed by atoms with Crippen molar-refractivity contribution in [2.75, 3.05) is 5.32 Å². The van der Waals surface area contributed by atoms with E-state index in [1.165, 1.54) is 12.1 Å². The van der Waals surface area contributed by atoms with Crippen LogP contribution in [0.15, 0.2) is 18.2 Å². The van der Waals surface area contributed by atoms with E-state index in [0.29, 0.717) is 11.7 Å². The first-order chi connectivity index (χ1) is 6.66. The Hall–Kier alpha value is -1.65. The Labute approximate surface area is 79.9 Å². The summed E-state index contributed by atoms with van der Waals surface area (Å²) in [6.45, 7) is 0. The first kappa shape index (κ1) is 8.93. The van der Waals surface area contributed by atoms with Crippen LogP contribution in [-0.4, -0.2) is 11.0 Å². The molecule has 1 aromatic rings. The van der Waals surface area contributed by atoms with Crippen LogP contribution < -0.4 is 5.32 Å². The number of nitro benzene ring substituents is 1. The number of nitrogens with one attached hydrogen (secondary N) is 1. The van der Waals surface area contributed by atoms with Crippen molar-refractivity contribution in [1.82, 2.24) is 0 Å². The zero-order chi connectivity index (χ0) is 10.1. The molecule has 0 unspecified atom stereocenters. The van der Waals surface area contributed by atoms with Crippen LogP contribution in [0.2, 0.25) is 0 Å². The van der Waals surface area contributed by atoms with Gasteiger partial charge in [0.1, 0.15) is 11.5 Å². The summed E-state index contributed by atoms with van der Waals surface area (Å²) in [5, 5.41) is 13.6. The van der Waals surface area contributed by atoms with Crippen LogP contribution in [0.1, 0.15) is 12.8 Å². The third-order valence-corrected chi connectivity index (χ3v) is 2.09. The summed E-state index contributed by atoms with van der Waals surface area (Å²) >= 11 is 0. The van der Waals surface area contributed by atoms with E-state index in [1.807, 2.05) is 0 Å². The Kier molecular flexibility index (Phi) is 2.07. The lowest BCUT2D eigenvalue weighted by molar-refractivity contribution is -0.384. The van der Waals surface area contributed by atoms with Gasteiger partial charge in [-0.3, -0.25) is 10.1 Å². The zero-order valence-corrected chi connectivity index (χ0v) is 7.37. The smallest absolute Gasteiger partial charge is 0.295 e. The Balaban J connectivity index is 2.31. The summed E-state index contributed by atoms with van der Waals surface area (Å²) in [7, 11) is 0. The molecule has 74 valence electrons. The third-order valence-electron chi connectivity index (χ3n) is 2.09. The van der Waals surface area contributed by atoms with E-state index in [0.717, 1.165) is 18.9 Å². The average Bonchev–Trinajstić information content (AvgIpc) is 2.91. The Morgan fingerprint density at radius 2 is 2.21 bits per heavy atom. The number of anilines is 1. The summed E-state index contributed by atoms with van der Waals surface area (Å²) in [5.41, 5.74) is 0.204. The molecule has 0 aromatic heterocycles. The molecule has 1 aliphatic carbocycles. The number of nitro groups is 1. The topological polar surface area (TPSA) is 55.2 Å². The van der Waals surface area contributed by atoms with E-state index in [-0.39, 0.29) is 5.69 Å². The van der Waals surface area contributed by atoms with Crippen LogP contribution in [0.3, 0.4) is 0 Å². The fourth-order valence-corrected chi connectivity index (χ4v) is 1.23. The highest BCUT2D eigenvalue weighted by Gasteiger charge is 2.24. The average molecular weight is 196 g/mol. The predicted octanol–water partition coefficient (Wildman–Crippen LogP) is 2.31. The van der Waals surface area contributed by atoms with Gasteiger partial charge in [0, 0.05) is 6.04 Å². The van der Waals surface area contributed by atoms with E-state index in [2.05, 4.69) is 5.32 Å². The Morgan fingerprint density at radius 3 is 2.79 bits per heavy atom. The van der Waals surface area contributed by atoms with Gasteiger partial charge in [-0.2, -0.15) is 0 Å². The van der Waals surface area contributed by atoms with Crippen molar-refractivity contribution in [2.24, 2.45) is 0 Å². The number of rotatable bonds is 3. The number of benzene rings is 1. The van der Waals surface area contributed by atoms with Crippen molar-refractivity contribution in [2.45, 2.75) is 18.9 Å². The molecule has 0 radical (unpaired) electrons. The van der Waals surface area contributed by atoms with E-state index < -0.39 is 10.7 Å². The van der Waals surface area contributed by atoms with Gasteiger partial charge in [0.05, 0.1) is 11.0 Å². The van der Waals surface area contributed by atoms with Gasteiger partial charge in [-0.25, -0.2) is 4.39 Å². The highest BCUT2D eigenvalue weighted by atomic mass is 19.1. The molecule has 0 amide bonds. The lowest BCUT2D eigenvalue weighted by Crippen LogP contribution is -2.04. The first-order valence-corrected chi connectivity index (χ1v) is 4.37. The van der Waals surface area contributed by atoms with Gasteiger partial charge in [0.15, 0.2) is 0 Å². The van der Waals surface area contributed by atoms with Gasteiger partial charge in [0.25, 0.3) is 5.69 Å². The predicted molar refractivity (Wildman–Crippen MR) is 49.7 cm³/mol. The molecular formula is C9H9FN2O2. The molecule has 0 heterocycles. The van der Waals surface area contributed by atoms with E-state index in [4.69, 9.17) is 0 Å². The minimum absolute atomic E-state index is 0.197. The largest absolute Gasteiger partial charge is 0.377 e. The minimum Gasteiger partial charge on any atom is -0.377 e. The fourth-order valence-electron chi connectivity index (χ4n) is 1.23. The van der Waals surface area contributed by atoms with E-state index in [9.17, 15) is 14.5 Å². The second-order valence-electron chi connectivity index (χ2n) is 3.34. The second-order valence-corrected chi connectivity index (χ2v) is 3.34. The van der Waals surface area contributed by atoms with Crippen LogP contribution >= 0.6 is 0 Å². The maximum atomic E-state index is 12.7. The van der Waals surface area contributed by atoms with Crippen molar-refractivity contribution in [1.29, 1.82) is 0 Å². The molecule has 0 atom stereocenters. The molecule has 1 aromatic carbocycles. The Morgan fingerprint density at radius 1 is 1.50 bits per heavy atom. The van der Waals surface area contributed by atoms with Crippen molar-refractivity contribution < 1.29 is 9.31 Å². The standard InChI is InChI=1S/C9H9FN2O2/c10-6-1-4-8(11-7-2-3-7)9(5-6)12(13)14/h1,4-5,7,11H,2-3H2. The van der Waals surface area contributed by atoms with Gasteiger partial charge < -0.3 is 5.32 Å². The van der Waals surface area contributed by atoms with Crippen LogP contribution in [0, 0.1) is 15.9 Å². The monoisotopic (exact) mass is 196 g/mol. The third kappa shape index (κ3) is 1.81. The van der Waals surface area contributed by atoms with E-state index >= 15 is 0 Å². The molecule has 14 heavy (non-hydrogen) atoms. The lowest BCUT2D eigenvalue weighted by atomic mass is 10.2. The molecule has 1 aliphatic rings. The zero-order valence-electron chi connectivity index (χ0n) is 7.37. The summed E-state index contributed by atoms with van der Waals surface area (Å²) in [6.07, 6.45) is 2.04. The van der Waals surface area contributed by atoms with Gasteiger partial charge in [-0.05, 0) is 25.0 Å². The van der Waals surface area contributed by atoms with Crippen LogP contribution in [0.4, 0.5) is 15.8 Å². The number of nitrogens with zero attached hydrogens (tertiary/aromatic N) is 1. The SMILES string of the molecule is O=[N+]([O-])c1cc(F)ccc1NC1CC1. The summed E-state index contributed by atoms with van der Waals surface area (Å²) < 4.78 is 12.7. The normalized spacial score (nSPS) is 15.2. The highest BCUT2D eigenvalue weighted by Crippen LogP contribution is 2.30. The number of hydrogen-bond acceptors (Lipinski definition) is 3. The van der Waals surface area contributed by atoms with Crippen LogP contribution in [-0.2, 0) is 0 Å². The van der Waals surface area contributed by atoms with Gasteiger partial charge in [-0.15, -0.1) is 0 Å². The fraction of sp³-hybridized carbons (Fsp3) is 0.333. The number of halogens is 1. The summed E-state index contributed by atoms with van der Waals surface area (Å²) in [6, 6.07) is 3.88. The molecule has 4 nitrogen and oxygen atoms in total. The maximum absolute atomic E-state index is 12.7. The molecule has 5 heteroatoms. The second kappa shape index (κ2) is 3.25. The molecule has 0 spiro atoms. The molecule has 1 saturated carbocycles. The van der Waals surface area contributed by atoms with E-state index in [1.54, 1.807) is 0 Å². The molecule has 0 aliphatic heterocycles. The molecular weight excluding hydrogens is 187 g/mol. The molecule has 0 saturated heterocycles. The maximum Gasteiger partial charge on any atom is 0.295 e. The Bertz CT molecular complexity index is 377. The first-order valence-electron chi connectivity index (χ1n) is 4.37. The van der Waals surface area contributed by atoms with Crippen molar-refractivity contribution >= 4 is 11.4 Å². The minimum atomic E-state index is -0.585. The van der Waals surface area contributed by atoms with Crippen LogP contribution in [0.25, 0.3) is 0 Å². The van der Waals surface area contributed by atoms with Crippen molar-refractivity contribution in [3.05, 3.63) is 34.1 Å². The van der Waals surface area contributed by atoms with Gasteiger partial charge in [0.2, 0.25) is 0 Å². The van der Waals surface area contributed by atoms with Gasteiger partial charge >= 0.3 is 0 Å².